The van der Waals surface area contributed by atoms with Crippen LogP contribution in [0, 0.1) is 0 Å². The highest BCUT2D eigenvalue weighted by molar-refractivity contribution is 7.99. The second kappa shape index (κ2) is 4.55. The van der Waals surface area contributed by atoms with Crippen molar-refractivity contribution in [3.8, 4) is 0 Å². The molecule has 0 bridgehead atoms. The summed E-state index contributed by atoms with van der Waals surface area (Å²) in [5.41, 5.74) is 0. The van der Waals surface area contributed by atoms with Gasteiger partial charge in [0.2, 0.25) is 0 Å². The number of aromatic nitrogens is 2. The van der Waals surface area contributed by atoms with Crippen LogP contribution in [-0.4, -0.2) is 21.0 Å². The van der Waals surface area contributed by atoms with Crippen molar-refractivity contribution in [2.45, 2.75) is 36.0 Å². The van der Waals surface area contributed by atoms with Crippen LogP contribution in [0.4, 0.5) is 0 Å². The van der Waals surface area contributed by atoms with Crippen LogP contribution < -0.4 is 0 Å². The van der Waals surface area contributed by atoms with Crippen molar-refractivity contribution in [2.75, 3.05) is 0 Å². The molecule has 1 aliphatic rings. The molecule has 0 saturated heterocycles. The van der Waals surface area contributed by atoms with Gasteiger partial charge in [0.05, 0.1) is 6.20 Å². The molecule has 0 spiro atoms. The van der Waals surface area contributed by atoms with E-state index in [0.717, 1.165) is 24.3 Å². The van der Waals surface area contributed by atoms with Crippen LogP contribution in [0.2, 0.25) is 0 Å². The largest absolute Gasteiger partial charge is 0.300 e. The van der Waals surface area contributed by atoms with E-state index in [-0.39, 0.29) is 0 Å². The summed E-state index contributed by atoms with van der Waals surface area (Å²) in [6, 6.07) is 0. The zero-order chi connectivity index (χ0) is 9.80. The number of ketones is 1. The van der Waals surface area contributed by atoms with Gasteiger partial charge in [-0.15, -0.1) is 11.8 Å². The number of rotatable bonds is 2. The minimum absolute atomic E-state index is 0.387. The van der Waals surface area contributed by atoms with Crippen molar-refractivity contribution in [2.24, 2.45) is 0 Å². The Morgan fingerprint density at radius 1 is 1.43 bits per heavy atom. The second-order valence-electron chi connectivity index (χ2n) is 3.42. The van der Waals surface area contributed by atoms with Crippen molar-refractivity contribution in [3.05, 3.63) is 18.6 Å². The van der Waals surface area contributed by atoms with Crippen molar-refractivity contribution in [1.82, 2.24) is 9.97 Å². The zero-order valence-electron chi connectivity index (χ0n) is 7.85. The topological polar surface area (TPSA) is 42.9 Å². The van der Waals surface area contributed by atoms with Crippen LogP contribution >= 0.6 is 11.8 Å². The predicted octanol–water partition coefficient (Wildman–Crippen LogP) is 2.08. The highest BCUT2D eigenvalue weighted by Crippen LogP contribution is 2.30. The summed E-state index contributed by atoms with van der Waals surface area (Å²) in [6.45, 7) is 0. The van der Waals surface area contributed by atoms with Crippen LogP contribution in [0.3, 0.4) is 0 Å². The van der Waals surface area contributed by atoms with E-state index in [9.17, 15) is 4.79 Å². The molecule has 1 unspecified atom stereocenters. The molecule has 0 aromatic carbocycles. The van der Waals surface area contributed by atoms with Gasteiger partial charge >= 0.3 is 0 Å². The summed E-state index contributed by atoms with van der Waals surface area (Å²) in [5, 5.41) is 1.33. The van der Waals surface area contributed by atoms with Gasteiger partial charge in [0.15, 0.2) is 0 Å². The number of carbonyl (C=O) groups is 1. The average molecular weight is 208 g/mol. The Balaban J connectivity index is 1.94. The highest BCUT2D eigenvalue weighted by Gasteiger charge is 2.20. The maximum absolute atomic E-state index is 11.2. The number of carbonyl (C=O) groups excluding carboxylic acids is 1. The molecule has 0 N–H and O–H groups in total. The lowest BCUT2D eigenvalue weighted by Crippen LogP contribution is -2.16. The van der Waals surface area contributed by atoms with E-state index in [4.69, 9.17) is 0 Å². The third-order valence-corrected chi connectivity index (χ3v) is 3.45. The third-order valence-electron chi connectivity index (χ3n) is 2.26. The van der Waals surface area contributed by atoms with Gasteiger partial charge in [0, 0.05) is 30.5 Å². The Morgan fingerprint density at radius 2 is 2.36 bits per heavy atom. The summed E-state index contributed by atoms with van der Waals surface area (Å²) in [6.07, 6.45) is 8.70. The Hall–Kier alpha value is -0.900. The number of thioether (sulfide) groups is 1. The van der Waals surface area contributed by atoms with Gasteiger partial charge < -0.3 is 0 Å². The molecule has 1 aliphatic carbocycles. The van der Waals surface area contributed by atoms with Crippen LogP contribution in [-0.2, 0) is 4.79 Å². The lowest BCUT2D eigenvalue weighted by Gasteiger charge is -2.19. The molecule has 2 rings (SSSR count). The Bertz CT molecular complexity index is 315. The lowest BCUT2D eigenvalue weighted by molar-refractivity contribution is -0.120. The van der Waals surface area contributed by atoms with E-state index >= 15 is 0 Å². The highest BCUT2D eigenvalue weighted by atomic mass is 32.2. The first-order valence-electron chi connectivity index (χ1n) is 4.79. The van der Waals surface area contributed by atoms with E-state index in [2.05, 4.69) is 9.97 Å². The molecule has 3 nitrogen and oxygen atoms in total. The quantitative estimate of drug-likeness (QED) is 0.746. The molecule has 1 saturated carbocycles. The fraction of sp³-hybridized carbons (Fsp3) is 0.500. The normalized spacial score (nSPS) is 22.3. The summed E-state index contributed by atoms with van der Waals surface area (Å²) < 4.78 is 0. The molecule has 1 fully saturated rings. The minimum atomic E-state index is 0.387. The van der Waals surface area contributed by atoms with Crippen LogP contribution in [0.25, 0.3) is 0 Å². The standard InChI is InChI=1S/C10H12N2OS/c13-8-2-1-3-9(6-8)14-10-7-11-4-5-12-10/h4-5,7,9H,1-3,6H2. The fourth-order valence-corrected chi connectivity index (χ4v) is 2.74. The van der Waals surface area contributed by atoms with E-state index in [1.807, 2.05) is 0 Å². The molecular formula is C10H12N2OS. The molecule has 1 aromatic heterocycles. The number of Topliss-reactive ketones (excluding diaryl/α,β-unsaturated/α-hetero) is 1. The third kappa shape index (κ3) is 2.54. The van der Waals surface area contributed by atoms with Gasteiger partial charge in [-0.3, -0.25) is 9.78 Å². The van der Waals surface area contributed by atoms with Gasteiger partial charge in [0.1, 0.15) is 10.8 Å². The molecular weight excluding hydrogens is 196 g/mol. The van der Waals surface area contributed by atoms with Gasteiger partial charge in [-0.25, -0.2) is 4.98 Å². The van der Waals surface area contributed by atoms with Gasteiger partial charge in [-0.05, 0) is 12.8 Å². The molecule has 74 valence electrons. The zero-order valence-corrected chi connectivity index (χ0v) is 8.67. The van der Waals surface area contributed by atoms with Crippen LogP contribution in [0.15, 0.2) is 23.6 Å². The molecule has 0 amide bonds. The summed E-state index contributed by atoms with van der Waals surface area (Å²) in [7, 11) is 0. The molecule has 0 radical (unpaired) electrons. The van der Waals surface area contributed by atoms with Crippen molar-refractivity contribution in [1.29, 1.82) is 0 Å². The first-order valence-corrected chi connectivity index (χ1v) is 5.67. The monoisotopic (exact) mass is 208 g/mol. The average Bonchev–Trinajstić information content (AvgIpc) is 2.19. The Morgan fingerprint density at radius 3 is 3.07 bits per heavy atom. The number of nitrogens with zero attached hydrogens (tertiary/aromatic N) is 2. The summed E-state index contributed by atoms with van der Waals surface area (Å²) in [5.74, 6) is 0.387. The molecule has 1 atom stereocenters. The van der Waals surface area contributed by atoms with E-state index < -0.39 is 0 Å². The van der Waals surface area contributed by atoms with Crippen molar-refractivity contribution in [3.63, 3.8) is 0 Å². The lowest BCUT2D eigenvalue weighted by atomic mass is 9.99. The number of hydrogen-bond acceptors (Lipinski definition) is 4. The smallest absolute Gasteiger partial charge is 0.134 e. The van der Waals surface area contributed by atoms with Crippen molar-refractivity contribution >= 4 is 17.5 Å². The maximum Gasteiger partial charge on any atom is 0.134 e. The predicted molar refractivity (Wildman–Crippen MR) is 55.2 cm³/mol. The second-order valence-corrected chi connectivity index (χ2v) is 4.74. The van der Waals surface area contributed by atoms with Gasteiger partial charge in [-0.1, -0.05) is 0 Å². The first kappa shape index (κ1) is 9.65. The molecule has 14 heavy (non-hydrogen) atoms. The van der Waals surface area contributed by atoms with E-state index in [1.165, 1.54) is 0 Å². The summed E-state index contributed by atoms with van der Waals surface area (Å²) >= 11 is 1.67. The number of hydrogen-bond donors (Lipinski definition) is 0. The molecule has 0 aliphatic heterocycles. The molecule has 4 heteroatoms. The maximum atomic E-state index is 11.2. The SMILES string of the molecule is O=C1CCCC(Sc2cnccn2)C1. The Labute approximate surface area is 87.3 Å². The Kier molecular flexibility index (Phi) is 3.14. The van der Waals surface area contributed by atoms with Crippen molar-refractivity contribution < 1.29 is 4.79 Å². The molecule has 1 heterocycles. The van der Waals surface area contributed by atoms with Crippen LogP contribution in [0.5, 0.6) is 0 Å². The van der Waals surface area contributed by atoms with E-state index in [0.29, 0.717) is 17.5 Å². The van der Waals surface area contributed by atoms with Gasteiger partial charge in [-0.2, -0.15) is 0 Å². The first-order chi connectivity index (χ1) is 6.84. The van der Waals surface area contributed by atoms with Crippen LogP contribution in [0.1, 0.15) is 25.7 Å². The molecule has 1 aromatic rings. The fourth-order valence-electron chi connectivity index (χ4n) is 1.60. The van der Waals surface area contributed by atoms with Gasteiger partial charge in [0.25, 0.3) is 0 Å². The van der Waals surface area contributed by atoms with E-state index in [1.54, 1.807) is 30.4 Å². The minimum Gasteiger partial charge on any atom is -0.300 e. The summed E-state index contributed by atoms with van der Waals surface area (Å²) in [4.78, 5) is 19.4.